The van der Waals surface area contributed by atoms with Crippen molar-refractivity contribution in [3.8, 4) is 22.4 Å². The van der Waals surface area contributed by atoms with Crippen LogP contribution in [0.1, 0.15) is 29.6 Å². The number of aromatic nitrogens is 1. The van der Waals surface area contributed by atoms with E-state index in [-0.39, 0.29) is 29.5 Å². The highest BCUT2D eigenvalue weighted by molar-refractivity contribution is 7.91. The number of carbonyl (C=O) groups excluding carboxylic acids is 1. The number of rotatable bonds is 5. The Kier molecular flexibility index (Phi) is 5.41. The highest BCUT2D eigenvalue weighted by atomic mass is 32.2. The standard InChI is InChI=1S/C29H26N2O3S/c32-29(31(23-14-15-23)24-16-17-35(33,34)19-24)26-18-28(30-27-9-5-4-8-25(26)27)22-12-10-21(11-13-22)20-6-2-1-3-7-20/h1-13,18,23-24H,14-17,19H2. The molecule has 1 amide bonds. The van der Waals surface area contributed by atoms with Gasteiger partial charge in [-0.15, -0.1) is 0 Å². The maximum atomic E-state index is 14.0. The summed E-state index contributed by atoms with van der Waals surface area (Å²) in [6.45, 7) is 0. The molecule has 2 heterocycles. The first kappa shape index (κ1) is 22.0. The normalized spacial score (nSPS) is 19.0. The van der Waals surface area contributed by atoms with Crippen LogP contribution in [-0.4, -0.2) is 47.8 Å². The van der Waals surface area contributed by atoms with E-state index in [2.05, 4.69) is 24.3 Å². The minimum atomic E-state index is -3.09. The van der Waals surface area contributed by atoms with Crippen molar-refractivity contribution in [3.05, 3.63) is 90.5 Å². The van der Waals surface area contributed by atoms with E-state index in [1.54, 1.807) is 0 Å². The molecule has 1 aliphatic carbocycles. The molecule has 6 heteroatoms. The summed E-state index contributed by atoms with van der Waals surface area (Å²) in [4.78, 5) is 20.7. The molecule has 35 heavy (non-hydrogen) atoms. The van der Waals surface area contributed by atoms with Crippen molar-refractivity contribution in [3.63, 3.8) is 0 Å². The van der Waals surface area contributed by atoms with E-state index in [9.17, 15) is 13.2 Å². The van der Waals surface area contributed by atoms with Crippen LogP contribution in [0, 0.1) is 0 Å². The van der Waals surface area contributed by atoms with Crippen LogP contribution in [0.2, 0.25) is 0 Å². The van der Waals surface area contributed by atoms with E-state index in [4.69, 9.17) is 4.98 Å². The molecule has 6 rings (SSSR count). The topological polar surface area (TPSA) is 67.3 Å². The Morgan fingerprint density at radius 3 is 2.11 bits per heavy atom. The highest BCUT2D eigenvalue weighted by Gasteiger charge is 2.42. The van der Waals surface area contributed by atoms with Crippen molar-refractivity contribution >= 4 is 26.6 Å². The minimum absolute atomic E-state index is 0.0616. The Labute approximate surface area is 205 Å². The van der Waals surface area contributed by atoms with Crippen molar-refractivity contribution < 1.29 is 13.2 Å². The number of hydrogen-bond acceptors (Lipinski definition) is 4. The van der Waals surface area contributed by atoms with Gasteiger partial charge in [0.2, 0.25) is 0 Å². The predicted octanol–water partition coefficient (Wildman–Crippen LogP) is 5.36. The lowest BCUT2D eigenvalue weighted by molar-refractivity contribution is 0.0683. The van der Waals surface area contributed by atoms with Crippen molar-refractivity contribution in [2.45, 2.75) is 31.3 Å². The summed E-state index contributed by atoms with van der Waals surface area (Å²) in [5, 5.41) is 0.800. The smallest absolute Gasteiger partial charge is 0.255 e. The number of benzene rings is 3. The Hall–Kier alpha value is -3.51. The van der Waals surface area contributed by atoms with Crippen LogP contribution in [0.25, 0.3) is 33.3 Å². The molecule has 0 radical (unpaired) electrons. The summed E-state index contributed by atoms with van der Waals surface area (Å²) >= 11 is 0. The number of nitrogens with zero attached hydrogens (tertiary/aromatic N) is 2. The average molecular weight is 483 g/mol. The SMILES string of the molecule is O=C(c1cc(-c2ccc(-c3ccccc3)cc2)nc2ccccc12)N(C1CC1)C1CCS(=O)(=O)C1. The van der Waals surface area contributed by atoms with Gasteiger partial charge in [-0.25, -0.2) is 13.4 Å². The van der Waals surface area contributed by atoms with Crippen molar-refractivity contribution in [1.82, 2.24) is 9.88 Å². The van der Waals surface area contributed by atoms with Crippen molar-refractivity contribution in [2.75, 3.05) is 11.5 Å². The molecule has 5 nitrogen and oxygen atoms in total. The number of hydrogen-bond donors (Lipinski definition) is 0. The zero-order valence-corrected chi connectivity index (χ0v) is 20.1. The van der Waals surface area contributed by atoms with E-state index < -0.39 is 9.84 Å². The van der Waals surface area contributed by atoms with E-state index in [0.717, 1.165) is 46.1 Å². The summed E-state index contributed by atoms with van der Waals surface area (Å²) in [6, 6.07) is 27.9. The second-order valence-electron chi connectivity index (χ2n) is 9.52. The monoisotopic (exact) mass is 482 g/mol. The number of para-hydroxylation sites is 1. The molecular weight excluding hydrogens is 456 g/mol. The van der Waals surface area contributed by atoms with Gasteiger partial charge in [0.25, 0.3) is 5.91 Å². The third-order valence-electron chi connectivity index (χ3n) is 7.01. The molecule has 1 aliphatic heterocycles. The molecule has 176 valence electrons. The van der Waals surface area contributed by atoms with Gasteiger partial charge >= 0.3 is 0 Å². The Morgan fingerprint density at radius 1 is 0.771 bits per heavy atom. The molecule has 1 saturated heterocycles. The van der Waals surface area contributed by atoms with E-state index in [1.165, 1.54) is 0 Å². The van der Waals surface area contributed by atoms with Gasteiger partial charge < -0.3 is 4.90 Å². The second kappa shape index (κ2) is 8.61. The predicted molar refractivity (Wildman–Crippen MR) is 139 cm³/mol. The van der Waals surface area contributed by atoms with Crippen LogP contribution >= 0.6 is 0 Å². The van der Waals surface area contributed by atoms with Crippen LogP contribution in [0.3, 0.4) is 0 Å². The molecule has 1 saturated carbocycles. The van der Waals surface area contributed by atoms with Crippen LogP contribution < -0.4 is 0 Å². The largest absolute Gasteiger partial charge is 0.332 e. The lowest BCUT2D eigenvalue weighted by Crippen LogP contribution is -2.42. The number of amides is 1. The molecule has 1 atom stereocenters. The van der Waals surface area contributed by atoms with Gasteiger partial charge in [-0.2, -0.15) is 0 Å². The fourth-order valence-electron chi connectivity index (χ4n) is 5.08. The fraction of sp³-hybridized carbons (Fsp3) is 0.241. The van der Waals surface area contributed by atoms with Crippen molar-refractivity contribution in [2.24, 2.45) is 0 Å². The quantitative estimate of drug-likeness (QED) is 0.384. The van der Waals surface area contributed by atoms with E-state index in [1.807, 2.05) is 65.6 Å². The third kappa shape index (κ3) is 4.34. The molecule has 2 fully saturated rings. The van der Waals surface area contributed by atoms with Gasteiger partial charge in [-0.1, -0.05) is 72.8 Å². The second-order valence-corrected chi connectivity index (χ2v) is 11.7. The fourth-order valence-corrected chi connectivity index (χ4v) is 6.79. The summed E-state index contributed by atoms with van der Waals surface area (Å²) in [5.74, 6) is 0.131. The molecular formula is C29H26N2O3S. The van der Waals surface area contributed by atoms with Gasteiger partial charge in [0.15, 0.2) is 9.84 Å². The minimum Gasteiger partial charge on any atom is -0.332 e. The lowest BCUT2D eigenvalue weighted by Gasteiger charge is -2.29. The van der Waals surface area contributed by atoms with Crippen LogP contribution in [0.5, 0.6) is 0 Å². The van der Waals surface area contributed by atoms with Crippen LogP contribution in [-0.2, 0) is 9.84 Å². The molecule has 4 aromatic rings. The lowest BCUT2D eigenvalue weighted by atomic mass is 10.00. The summed E-state index contributed by atoms with van der Waals surface area (Å²) in [6.07, 6.45) is 2.37. The summed E-state index contributed by atoms with van der Waals surface area (Å²) in [5.41, 5.74) is 5.29. The maximum absolute atomic E-state index is 14.0. The van der Waals surface area contributed by atoms with Gasteiger partial charge in [-0.3, -0.25) is 4.79 Å². The Bertz CT molecular complexity index is 1510. The molecule has 1 unspecified atom stereocenters. The molecule has 0 spiro atoms. The molecule has 1 aromatic heterocycles. The van der Waals surface area contributed by atoms with Gasteiger partial charge in [-0.05, 0) is 42.5 Å². The first-order valence-electron chi connectivity index (χ1n) is 12.1. The average Bonchev–Trinajstić information content (AvgIpc) is 3.66. The number of sulfone groups is 1. The van der Waals surface area contributed by atoms with Gasteiger partial charge in [0, 0.05) is 23.0 Å². The number of fused-ring (bicyclic) bond motifs is 1. The van der Waals surface area contributed by atoms with E-state index >= 15 is 0 Å². The first-order valence-corrected chi connectivity index (χ1v) is 13.9. The van der Waals surface area contributed by atoms with Crippen LogP contribution in [0.4, 0.5) is 0 Å². The van der Waals surface area contributed by atoms with Crippen molar-refractivity contribution in [1.29, 1.82) is 0 Å². The Morgan fingerprint density at radius 2 is 1.43 bits per heavy atom. The number of pyridine rings is 1. The van der Waals surface area contributed by atoms with Gasteiger partial charge in [0.1, 0.15) is 0 Å². The Balaban J connectivity index is 1.40. The highest BCUT2D eigenvalue weighted by Crippen LogP contribution is 2.35. The zero-order chi connectivity index (χ0) is 24.0. The first-order chi connectivity index (χ1) is 17.0. The maximum Gasteiger partial charge on any atom is 0.255 e. The number of carbonyl (C=O) groups is 1. The van der Waals surface area contributed by atoms with E-state index in [0.29, 0.717) is 12.0 Å². The molecule has 3 aromatic carbocycles. The molecule has 0 bridgehead atoms. The van der Waals surface area contributed by atoms with Gasteiger partial charge in [0.05, 0.1) is 28.3 Å². The summed E-state index contributed by atoms with van der Waals surface area (Å²) < 4.78 is 24.4. The zero-order valence-electron chi connectivity index (χ0n) is 19.3. The summed E-state index contributed by atoms with van der Waals surface area (Å²) in [7, 11) is -3.09. The van der Waals surface area contributed by atoms with Crippen LogP contribution in [0.15, 0.2) is 84.9 Å². The molecule has 2 aliphatic rings. The third-order valence-corrected chi connectivity index (χ3v) is 8.76. The molecule has 0 N–H and O–H groups in total.